The van der Waals surface area contributed by atoms with E-state index in [1.54, 1.807) is 6.92 Å². The molecule has 110 valence electrons. The Hall–Kier alpha value is -2.13. The van der Waals surface area contributed by atoms with Crippen LogP contribution in [0.5, 0.6) is 0 Å². The van der Waals surface area contributed by atoms with E-state index in [1.165, 1.54) is 0 Å². The Kier molecular flexibility index (Phi) is 4.76. The van der Waals surface area contributed by atoms with Crippen LogP contribution in [0.25, 0.3) is 0 Å². The summed E-state index contributed by atoms with van der Waals surface area (Å²) in [7, 11) is 0. The molecule has 0 radical (unpaired) electrons. The van der Waals surface area contributed by atoms with Crippen LogP contribution >= 0.6 is 0 Å². The molecule has 21 heavy (non-hydrogen) atoms. The van der Waals surface area contributed by atoms with Crippen molar-refractivity contribution in [3.8, 4) is 0 Å². The van der Waals surface area contributed by atoms with Gasteiger partial charge in [-0.2, -0.15) is 0 Å². The quantitative estimate of drug-likeness (QED) is 0.901. The highest BCUT2D eigenvalue weighted by molar-refractivity contribution is 5.92. The summed E-state index contributed by atoms with van der Waals surface area (Å²) in [4.78, 5) is 12.1. The number of aliphatic hydroxyl groups excluding tert-OH is 1. The molecule has 2 aromatic rings. The van der Waals surface area contributed by atoms with Crippen molar-refractivity contribution in [2.24, 2.45) is 0 Å². The van der Waals surface area contributed by atoms with E-state index in [1.807, 2.05) is 56.3 Å². The van der Waals surface area contributed by atoms with Crippen LogP contribution in [0.4, 0.5) is 5.69 Å². The van der Waals surface area contributed by atoms with E-state index in [4.69, 9.17) is 0 Å². The summed E-state index contributed by atoms with van der Waals surface area (Å²) in [6.45, 7) is 5.75. The summed E-state index contributed by atoms with van der Waals surface area (Å²) in [5.74, 6) is -0.0338. The van der Waals surface area contributed by atoms with Crippen molar-refractivity contribution < 1.29 is 9.90 Å². The molecule has 0 aromatic heterocycles. The average Bonchev–Trinajstić information content (AvgIpc) is 2.43. The number of amides is 1. The Morgan fingerprint density at radius 2 is 1.81 bits per heavy atom. The lowest BCUT2D eigenvalue weighted by Crippen LogP contribution is -2.15. The van der Waals surface area contributed by atoms with Gasteiger partial charge in [0.15, 0.2) is 0 Å². The fourth-order valence-electron chi connectivity index (χ4n) is 2.21. The van der Waals surface area contributed by atoms with E-state index in [9.17, 15) is 9.90 Å². The van der Waals surface area contributed by atoms with Crippen LogP contribution in [0.15, 0.2) is 42.5 Å². The van der Waals surface area contributed by atoms with Gasteiger partial charge in [0.2, 0.25) is 5.91 Å². The van der Waals surface area contributed by atoms with Gasteiger partial charge in [-0.05, 0) is 49.6 Å². The van der Waals surface area contributed by atoms with Gasteiger partial charge >= 0.3 is 0 Å². The standard InChI is InChI=1S/C18H21NO2/c1-12-4-5-13(2)16(10-12)11-18(21)19-17-8-6-15(7-9-17)14(3)20/h4-10,14,20H,11H2,1-3H3,(H,19,21). The Morgan fingerprint density at radius 1 is 1.14 bits per heavy atom. The van der Waals surface area contributed by atoms with Crippen molar-refractivity contribution in [3.63, 3.8) is 0 Å². The van der Waals surface area contributed by atoms with Crippen LogP contribution in [-0.4, -0.2) is 11.0 Å². The van der Waals surface area contributed by atoms with Crippen molar-refractivity contribution in [2.75, 3.05) is 5.32 Å². The second-order valence-corrected chi connectivity index (χ2v) is 5.45. The van der Waals surface area contributed by atoms with Crippen molar-refractivity contribution in [2.45, 2.75) is 33.3 Å². The van der Waals surface area contributed by atoms with E-state index >= 15 is 0 Å². The Balaban J connectivity index is 2.03. The number of benzene rings is 2. The molecule has 3 heteroatoms. The number of nitrogens with one attached hydrogen (secondary N) is 1. The third-order valence-electron chi connectivity index (χ3n) is 3.53. The maximum Gasteiger partial charge on any atom is 0.228 e. The number of hydrogen-bond acceptors (Lipinski definition) is 2. The zero-order valence-corrected chi connectivity index (χ0v) is 12.7. The molecule has 2 aromatic carbocycles. The van der Waals surface area contributed by atoms with E-state index in [-0.39, 0.29) is 5.91 Å². The largest absolute Gasteiger partial charge is 0.389 e. The third kappa shape index (κ3) is 4.17. The molecule has 0 spiro atoms. The molecule has 0 aliphatic carbocycles. The molecular weight excluding hydrogens is 262 g/mol. The topological polar surface area (TPSA) is 49.3 Å². The maximum atomic E-state index is 12.1. The van der Waals surface area contributed by atoms with E-state index < -0.39 is 6.10 Å². The Bertz CT molecular complexity index is 630. The van der Waals surface area contributed by atoms with Gasteiger partial charge in [-0.3, -0.25) is 4.79 Å². The van der Waals surface area contributed by atoms with Gasteiger partial charge in [-0.1, -0.05) is 35.9 Å². The molecule has 1 amide bonds. The predicted molar refractivity (Wildman–Crippen MR) is 85.3 cm³/mol. The van der Waals surface area contributed by atoms with Gasteiger partial charge in [-0.25, -0.2) is 0 Å². The van der Waals surface area contributed by atoms with Crippen LogP contribution in [0.3, 0.4) is 0 Å². The van der Waals surface area contributed by atoms with Crippen LogP contribution in [0.1, 0.15) is 35.3 Å². The monoisotopic (exact) mass is 283 g/mol. The summed E-state index contributed by atoms with van der Waals surface area (Å²) in [5, 5.41) is 12.3. The van der Waals surface area contributed by atoms with Crippen LogP contribution in [-0.2, 0) is 11.2 Å². The molecule has 0 aliphatic heterocycles. The zero-order valence-electron chi connectivity index (χ0n) is 12.7. The first-order valence-corrected chi connectivity index (χ1v) is 7.09. The molecule has 2 N–H and O–H groups in total. The summed E-state index contributed by atoms with van der Waals surface area (Å²) >= 11 is 0. The third-order valence-corrected chi connectivity index (χ3v) is 3.53. The molecule has 0 fully saturated rings. The van der Waals surface area contributed by atoms with Gasteiger partial charge in [0, 0.05) is 5.69 Å². The van der Waals surface area contributed by atoms with E-state index in [0.717, 1.165) is 27.9 Å². The molecule has 0 saturated carbocycles. The number of rotatable bonds is 4. The molecule has 1 atom stereocenters. The molecule has 0 saturated heterocycles. The van der Waals surface area contributed by atoms with Gasteiger partial charge in [0.1, 0.15) is 0 Å². The number of carbonyl (C=O) groups excluding carboxylic acids is 1. The summed E-state index contributed by atoms with van der Waals surface area (Å²) in [6.07, 6.45) is -0.129. The number of aliphatic hydroxyl groups is 1. The predicted octanol–water partition coefficient (Wildman–Crippen LogP) is 3.54. The van der Waals surface area contributed by atoms with Crippen molar-refractivity contribution >= 4 is 11.6 Å². The highest BCUT2D eigenvalue weighted by atomic mass is 16.3. The van der Waals surface area contributed by atoms with Crippen molar-refractivity contribution in [1.29, 1.82) is 0 Å². The smallest absolute Gasteiger partial charge is 0.228 e. The first-order chi connectivity index (χ1) is 9.95. The average molecular weight is 283 g/mol. The zero-order chi connectivity index (χ0) is 15.4. The lowest BCUT2D eigenvalue weighted by atomic mass is 10.0. The molecule has 1 unspecified atom stereocenters. The maximum absolute atomic E-state index is 12.1. The minimum absolute atomic E-state index is 0.0338. The summed E-state index contributed by atoms with van der Waals surface area (Å²) < 4.78 is 0. The normalized spacial score (nSPS) is 12.0. The fraction of sp³-hybridized carbons (Fsp3) is 0.278. The molecule has 3 nitrogen and oxygen atoms in total. The van der Waals surface area contributed by atoms with Crippen molar-refractivity contribution in [3.05, 3.63) is 64.7 Å². The number of anilines is 1. The second-order valence-electron chi connectivity index (χ2n) is 5.45. The van der Waals surface area contributed by atoms with Gasteiger partial charge in [0.25, 0.3) is 0 Å². The minimum Gasteiger partial charge on any atom is -0.389 e. The Labute approximate surface area is 125 Å². The molecule has 2 rings (SSSR count). The summed E-state index contributed by atoms with van der Waals surface area (Å²) in [5.41, 5.74) is 4.91. The highest BCUT2D eigenvalue weighted by Gasteiger charge is 2.07. The minimum atomic E-state index is -0.496. The fourth-order valence-corrected chi connectivity index (χ4v) is 2.21. The molecule has 0 aliphatic rings. The first-order valence-electron chi connectivity index (χ1n) is 7.09. The van der Waals surface area contributed by atoms with Crippen LogP contribution < -0.4 is 5.32 Å². The van der Waals surface area contributed by atoms with E-state index in [2.05, 4.69) is 5.32 Å². The SMILES string of the molecule is Cc1ccc(C)c(CC(=O)Nc2ccc(C(C)O)cc2)c1. The Morgan fingerprint density at radius 3 is 2.43 bits per heavy atom. The van der Waals surface area contributed by atoms with Crippen LogP contribution in [0.2, 0.25) is 0 Å². The molecular formula is C18H21NO2. The number of aryl methyl sites for hydroxylation is 2. The number of hydrogen-bond donors (Lipinski definition) is 2. The lowest BCUT2D eigenvalue weighted by molar-refractivity contribution is -0.115. The molecule has 0 heterocycles. The van der Waals surface area contributed by atoms with Gasteiger partial charge < -0.3 is 10.4 Å². The summed E-state index contributed by atoms with van der Waals surface area (Å²) in [6, 6.07) is 13.4. The van der Waals surface area contributed by atoms with Gasteiger partial charge in [0.05, 0.1) is 12.5 Å². The number of carbonyl (C=O) groups is 1. The van der Waals surface area contributed by atoms with Crippen molar-refractivity contribution in [1.82, 2.24) is 0 Å². The molecule has 0 bridgehead atoms. The lowest BCUT2D eigenvalue weighted by Gasteiger charge is -2.10. The van der Waals surface area contributed by atoms with E-state index in [0.29, 0.717) is 6.42 Å². The second kappa shape index (κ2) is 6.55. The highest BCUT2D eigenvalue weighted by Crippen LogP contribution is 2.16. The van der Waals surface area contributed by atoms with Gasteiger partial charge in [-0.15, -0.1) is 0 Å². The van der Waals surface area contributed by atoms with Crippen LogP contribution in [0, 0.1) is 13.8 Å². The first kappa shape index (κ1) is 15.3.